The van der Waals surface area contributed by atoms with Gasteiger partial charge in [-0.15, -0.1) is 0 Å². The van der Waals surface area contributed by atoms with E-state index in [1.807, 2.05) is 6.92 Å². The molecule has 0 radical (unpaired) electrons. The molecule has 1 heterocycles. The predicted octanol–water partition coefficient (Wildman–Crippen LogP) is 5.58. The smallest absolute Gasteiger partial charge is 0.353 e. The van der Waals surface area contributed by atoms with Crippen LogP contribution in [0.25, 0.3) is 0 Å². The van der Waals surface area contributed by atoms with Crippen LogP contribution in [0.3, 0.4) is 0 Å². The highest BCUT2D eigenvalue weighted by Crippen LogP contribution is 2.36. The number of rotatable bonds is 7. The van der Waals surface area contributed by atoms with E-state index in [-0.39, 0.29) is 22.3 Å². The number of benzene rings is 2. The number of ether oxygens (including phenoxy) is 1. The van der Waals surface area contributed by atoms with Crippen LogP contribution < -0.4 is 15.4 Å². The van der Waals surface area contributed by atoms with E-state index < -0.39 is 4.92 Å². The molecule has 3 aromatic rings. The average Bonchev–Trinajstić information content (AvgIpc) is 2.67. The summed E-state index contributed by atoms with van der Waals surface area (Å²) in [4.78, 5) is 19.1. The van der Waals surface area contributed by atoms with Crippen LogP contribution in [0.5, 0.6) is 5.75 Å². The van der Waals surface area contributed by atoms with Crippen LogP contribution in [-0.2, 0) is 0 Å². The Morgan fingerprint density at radius 2 is 1.75 bits per heavy atom. The number of nitrogens with zero attached hydrogens (tertiary/aromatic N) is 3. The van der Waals surface area contributed by atoms with E-state index in [0.717, 1.165) is 0 Å². The Hall–Kier alpha value is -3.10. The fraction of sp³-hybridized carbons (Fsp3) is 0.111. The van der Waals surface area contributed by atoms with Crippen molar-refractivity contribution in [2.45, 2.75) is 6.92 Å². The van der Waals surface area contributed by atoms with Crippen LogP contribution >= 0.6 is 23.2 Å². The maximum Gasteiger partial charge on any atom is 0.353 e. The van der Waals surface area contributed by atoms with Crippen LogP contribution in [0.1, 0.15) is 6.92 Å². The van der Waals surface area contributed by atoms with E-state index >= 15 is 0 Å². The maximum atomic E-state index is 11.7. The number of halogens is 2. The molecule has 0 saturated carbocycles. The van der Waals surface area contributed by atoms with E-state index in [2.05, 4.69) is 20.6 Å². The molecule has 0 unspecified atom stereocenters. The number of hydrogen-bond donors (Lipinski definition) is 2. The maximum absolute atomic E-state index is 11.7. The molecule has 2 N–H and O–H groups in total. The summed E-state index contributed by atoms with van der Waals surface area (Å²) in [6.07, 6.45) is 1.21. The monoisotopic (exact) mass is 419 g/mol. The van der Waals surface area contributed by atoms with Gasteiger partial charge in [-0.25, -0.2) is 9.97 Å². The van der Waals surface area contributed by atoms with Gasteiger partial charge in [0.1, 0.15) is 12.1 Å². The average molecular weight is 420 g/mol. The predicted molar refractivity (Wildman–Crippen MR) is 109 cm³/mol. The Labute approximate surface area is 170 Å². The normalized spacial score (nSPS) is 10.4. The molecule has 0 aliphatic carbocycles. The lowest BCUT2D eigenvalue weighted by molar-refractivity contribution is -0.383. The zero-order valence-corrected chi connectivity index (χ0v) is 16.2. The highest BCUT2D eigenvalue weighted by molar-refractivity contribution is 6.43. The third-order valence-electron chi connectivity index (χ3n) is 3.64. The van der Waals surface area contributed by atoms with Crippen molar-refractivity contribution in [3.05, 3.63) is 69.0 Å². The molecule has 0 fully saturated rings. The van der Waals surface area contributed by atoms with Gasteiger partial charge in [0.05, 0.1) is 27.3 Å². The molecule has 8 nitrogen and oxygen atoms in total. The minimum absolute atomic E-state index is 0.0161. The zero-order valence-electron chi connectivity index (χ0n) is 14.6. The van der Waals surface area contributed by atoms with Gasteiger partial charge in [0.15, 0.2) is 0 Å². The van der Waals surface area contributed by atoms with Crippen molar-refractivity contribution >= 4 is 51.9 Å². The summed E-state index contributed by atoms with van der Waals surface area (Å²) >= 11 is 12.1. The summed E-state index contributed by atoms with van der Waals surface area (Å²) in [7, 11) is 0. The molecule has 1 aromatic heterocycles. The highest BCUT2D eigenvalue weighted by atomic mass is 35.5. The summed E-state index contributed by atoms with van der Waals surface area (Å²) in [6, 6.07) is 11.9. The molecule has 0 aliphatic rings. The van der Waals surface area contributed by atoms with Gasteiger partial charge in [-0.1, -0.05) is 29.3 Å². The molecule has 10 heteroatoms. The fourth-order valence-corrected chi connectivity index (χ4v) is 2.75. The molecule has 0 atom stereocenters. The van der Waals surface area contributed by atoms with Crippen molar-refractivity contribution in [2.24, 2.45) is 0 Å². The first-order chi connectivity index (χ1) is 13.5. The number of nitrogens with one attached hydrogen (secondary N) is 2. The molecular weight excluding hydrogens is 405 g/mol. The molecule has 0 saturated heterocycles. The van der Waals surface area contributed by atoms with Crippen LogP contribution in [0.2, 0.25) is 10.0 Å². The quantitative estimate of drug-likeness (QED) is 0.380. The zero-order chi connectivity index (χ0) is 20.1. The minimum Gasteiger partial charge on any atom is -0.494 e. The molecule has 0 aliphatic heterocycles. The van der Waals surface area contributed by atoms with Gasteiger partial charge in [-0.2, -0.15) is 0 Å². The minimum atomic E-state index is -0.572. The third kappa shape index (κ3) is 4.41. The van der Waals surface area contributed by atoms with E-state index in [0.29, 0.717) is 28.8 Å². The van der Waals surface area contributed by atoms with E-state index in [4.69, 9.17) is 27.9 Å². The van der Waals surface area contributed by atoms with Gasteiger partial charge in [-0.3, -0.25) is 10.1 Å². The van der Waals surface area contributed by atoms with Gasteiger partial charge in [0, 0.05) is 5.69 Å². The lowest BCUT2D eigenvalue weighted by Gasteiger charge is -2.12. The number of anilines is 4. The highest BCUT2D eigenvalue weighted by Gasteiger charge is 2.24. The van der Waals surface area contributed by atoms with Crippen molar-refractivity contribution in [3.63, 3.8) is 0 Å². The lowest BCUT2D eigenvalue weighted by atomic mass is 10.3. The largest absolute Gasteiger partial charge is 0.494 e. The number of hydrogen-bond acceptors (Lipinski definition) is 7. The van der Waals surface area contributed by atoms with Crippen molar-refractivity contribution in [1.82, 2.24) is 9.97 Å². The van der Waals surface area contributed by atoms with Gasteiger partial charge < -0.3 is 15.4 Å². The molecular formula is C18H15Cl2N5O3. The summed E-state index contributed by atoms with van der Waals surface area (Å²) < 4.78 is 5.38. The Kier molecular flexibility index (Phi) is 6.13. The second-order valence-corrected chi connectivity index (χ2v) is 6.27. The summed E-state index contributed by atoms with van der Waals surface area (Å²) in [5, 5.41) is 18.0. The molecule has 0 amide bonds. The summed E-state index contributed by atoms with van der Waals surface area (Å²) in [6.45, 7) is 2.43. The molecule has 0 bridgehead atoms. The standard InChI is InChI=1S/C18H15Cl2N5O3/c1-2-28-12-8-6-11(7-9-12)23-17-16(25(26)27)18(22-10-21-17)24-14-5-3-4-13(19)15(14)20/h3-10H,2H2,1H3,(H2,21,22,23,24). The Morgan fingerprint density at radius 1 is 1.07 bits per heavy atom. The third-order valence-corrected chi connectivity index (χ3v) is 4.46. The van der Waals surface area contributed by atoms with Crippen LogP contribution in [0, 0.1) is 10.1 Å². The van der Waals surface area contributed by atoms with Crippen molar-refractivity contribution in [3.8, 4) is 5.75 Å². The van der Waals surface area contributed by atoms with Crippen molar-refractivity contribution in [2.75, 3.05) is 17.2 Å². The first kappa shape index (κ1) is 19.7. The number of nitro groups is 1. The van der Waals surface area contributed by atoms with Gasteiger partial charge in [0.2, 0.25) is 11.6 Å². The van der Waals surface area contributed by atoms with Crippen molar-refractivity contribution < 1.29 is 9.66 Å². The van der Waals surface area contributed by atoms with Gasteiger partial charge >= 0.3 is 5.69 Å². The molecule has 2 aromatic carbocycles. The first-order valence-electron chi connectivity index (χ1n) is 8.20. The van der Waals surface area contributed by atoms with Crippen LogP contribution in [-0.4, -0.2) is 21.5 Å². The molecule has 144 valence electrons. The van der Waals surface area contributed by atoms with Crippen LogP contribution in [0.4, 0.5) is 28.7 Å². The van der Waals surface area contributed by atoms with E-state index in [1.54, 1.807) is 42.5 Å². The second-order valence-electron chi connectivity index (χ2n) is 5.49. The molecule has 3 rings (SSSR count). The Morgan fingerprint density at radius 3 is 2.39 bits per heavy atom. The SMILES string of the molecule is CCOc1ccc(Nc2ncnc(Nc3cccc(Cl)c3Cl)c2[N+](=O)[O-])cc1. The fourth-order valence-electron chi connectivity index (χ4n) is 2.40. The van der Waals surface area contributed by atoms with Crippen molar-refractivity contribution in [1.29, 1.82) is 0 Å². The van der Waals surface area contributed by atoms with Gasteiger partial charge in [0.25, 0.3) is 0 Å². The number of aromatic nitrogens is 2. The molecule has 0 spiro atoms. The lowest BCUT2D eigenvalue weighted by Crippen LogP contribution is -2.05. The Balaban J connectivity index is 1.93. The first-order valence-corrected chi connectivity index (χ1v) is 8.95. The van der Waals surface area contributed by atoms with Crippen LogP contribution in [0.15, 0.2) is 48.8 Å². The van der Waals surface area contributed by atoms with E-state index in [9.17, 15) is 10.1 Å². The molecule has 28 heavy (non-hydrogen) atoms. The van der Waals surface area contributed by atoms with E-state index in [1.165, 1.54) is 6.33 Å². The van der Waals surface area contributed by atoms with Gasteiger partial charge in [-0.05, 0) is 43.3 Å². The Bertz CT molecular complexity index is 999. The summed E-state index contributed by atoms with van der Waals surface area (Å²) in [5.74, 6) is 0.714. The topological polar surface area (TPSA) is 102 Å². The second kappa shape index (κ2) is 8.73. The summed E-state index contributed by atoms with van der Waals surface area (Å²) in [5.41, 5.74) is 0.674.